The first kappa shape index (κ1) is 11.8. The van der Waals surface area contributed by atoms with E-state index >= 15 is 0 Å². The van der Waals surface area contributed by atoms with Gasteiger partial charge in [0.05, 0.1) is 13.2 Å². The Morgan fingerprint density at radius 2 is 2.25 bits per heavy atom. The fraction of sp³-hybridized carbons (Fsp3) is 0.600. The topological polar surface area (TPSA) is 47.5 Å². The predicted octanol–water partition coefficient (Wildman–Crippen LogP) is 1.31. The summed E-state index contributed by atoms with van der Waals surface area (Å²) in [5, 5.41) is 0. The summed E-state index contributed by atoms with van der Waals surface area (Å²) in [6.45, 7) is 1.85. The molecular formula is C10H14IN3O2. The molecule has 5 nitrogen and oxygen atoms in total. The summed E-state index contributed by atoms with van der Waals surface area (Å²) in [5.41, 5.74) is 0. The number of aromatic nitrogens is 2. The number of halogens is 1. The Balaban J connectivity index is 2.17. The Morgan fingerprint density at radius 3 is 2.88 bits per heavy atom. The lowest BCUT2D eigenvalue weighted by Gasteiger charge is -2.17. The lowest BCUT2D eigenvalue weighted by atomic mass is 10.3. The van der Waals surface area contributed by atoms with E-state index in [-0.39, 0.29) is 0 Å². The summed E-state index contributed by atoms with van der Waals surface area (Å²) in [4.78, 5) is 10.7. The second-order valence-electron chi connectivity index (χ2n) is 3.63. The van der Waals surface area contributed by atoms with Gasteiger partial charge in [-0.25, -0.2) is 0 Å². The highest BCUT2D eigenvalue weighted by atomic mass is 127. The molecule has 16 heavy (non-hydrogen) atoms. The lowest BCUT2D eigenvalue weighted by molar-refractivity contribution is 0.121. The number of rotatable bonds is 3. The third kappa shape index (κ3) is 2.54. The normalized spacial score (nSPS) is 20.2. The van der Waals surface area contributed by atoms with Crippen molar-refractivity contribution < 1.29 is 9.47 Å². The third-order valence-electron chi connectivity index (χ3n) is 2.65. The van der Waals surface area contributed by atoms with Gasteiger partial charge in [-0.3, -0.25) is 0 Å². The Labute approximate surface area is 108 Å². The second kappa shape index (κ2) is 5.13. The number of nitrogens with zero attached hydrogens (tertiary/aromatic N) is 3. The van der Waals surface area contributed by atoms with E-state index in [0.717, 1.165) is 29.0 Å². The molecule has 1 aromatic rings. The molecule has 0 aliphatic carbocycles. The Hall–Kier alpha value is -0.630. The maximum absolute atomic E-state index is 5.33. The van der Waals surface area contributed by atoms with Crippen molar-refractivity contribution in [3.05, 3.63) is 9.77 Å². The average Bonchev–Trinajstić information content (AvgIpc) is 2.76. The van der Waals surface area contributed by atoms with Crippen molar-refractivity contribution in [1.29, 1.82) is 0 Å². The Bertz CT molecular complexity index is 375. The molecule has 0 saturated carbocycles. The fourth-order valence-electron chi connectivity index (χ4n) is 1.77. The van der Waals surface area contributed by atoms with Crippen molar-refractivity contribution in [2.75, 3.05) is 32.2 Å². The summed E-state index contributed by atoms with van der Waals surface area (Å²) in [7, 11) is 3.33. The van der Waals surface area contributed by atoms with E-state index in [2.05, 4.69) is 37.5 Å². The largest absolute Gasteiger partial charge is 0.467 e. The molecule has 0 aromatic carbocycles. The van der Waals surface area contributed by atoms with Gasteiger partial charge >= 0.3 is 6.01 Å². The molecule has 1 aliphatic rings. The molecule has 1 fully saturated rings. The lowest BCUT2D eigenvalue weighted by Crippen LogP contribution is -2.23. The van der Waals surface area contributed by atoms with Crippen LogP contribution in [0.3, 0.4) is 0 Å². The number of hydrogen-bond acceptors (Lipinski definition) is 5. The highest BCUT2D eigenvalue weighted by Gasteiger charge is 2.23. The first-order valence-electron chi connectivity index (χ1n) is 5.09. The van der Waals surface area contributed by atoms with Crippen molar-refractivity contribution >= 4 is 28.4 Å². The summed E-state index contributed by atoms with van der Waals surface area (Å²) in [6, 6.07) is 2.38. The maximum atomic E-state index is 5.33. The SMILES string of the molecule is COc1nc(I)cc(N2CC[C@@H](OC)C2)n1. The molecule has 1 aromatic heterocycles. The van der Waals surface area contributed by atoms with Crippen LogP contribution in [0.15, 0.2) is 6.07 Å². The number of methoxy groups -OCH3 is 2. The van der Waals surface area contributed by atoms with Crippen molar-refractivity contribution in [2.45, 2.75) is 12.5 Å². The van der Waals surface area contributed by atoms with Crippen LogP contribution in [0.5, 0.6) is 6.01 Å². The molecule has 6 heteroatoms. The van der Waals surface area contributed by atoms with Crippen LogP contribution in [-0.2, 0) is 4.74 Å². The van der Waals surface area contributed by atoms with Crippen LogP contribution >= 0.6 is 22.6 Å². The molecule has 0 amide bonds. The van der Waals surface area contributed by atoms with Gasteiger partial charge in [-0.2, -0.15) is 9.97 Å². The predicted molar refractivity (Wildman–Crippen MR) is 68.9 cm³/mol. The van der Waals surface area contributed by atoms with Gasteiger partial charge in [0.15, 0.2) is 0 Å². The van der Waals surface area contributed by atoms with E-state index in [1.54, 1.807) is 14.2 Å². The van der Waals surface area contributed by atoms with Gasteiger partial charge in [-0.15, -0.1) is 0 Å². The van der Waals surface area contributed by atoms with Gasteiger partial charge in [-0.05, 0) is 29.0 Å². The summed E-state index contributed by atoms with van der Waals surface area (Å²) in [5.74, 6) is 0.913. The minimum absolute atomic E-state index is 0.304. The van der Waals surface area contributed by atoms with Gasteiger partial charge in [0.25, 0.3) is 0 Å². The van der Waals surface area contributed by atoms with E-state index in [1.165, 1.54) is 0 Å². The monoisotopic (exact) mass is 335 g/mol. The first-order valence-corrected chi connectivity index (χ1v) is 6.17. The Kier molecular flexibility index (Phi) is 3.80. The van der Waals surface area contributed by atoms with Gasteiger partial charge in [-0.1, -0.05) is 0 Å². The molecule has 0 bridgehead atoms. The average molecular weight is 335 g/mol. The molecule has 0 spiro atoms. The fourth-order valence-corrected chi connectivity index (χ4v) is 2.25. The zero-order chi connectivity index (χ0) is 11.5. The molecule has 0 N–H and O–H groups in total. The molecule has 1 saturated heterocycles. The van der Waals surface area contributed by atoms with Crippen LogP contribution in [0.1, 0.15) is 6.42 Å². The van der Waals surface area contributed by atoms with Crippen LogP contribution in [0, 0.1) is 3.70 Å². The zero-order valence-corrected chi connectivity index (χ0v) is 11.5. The molecule has 0 radical (unpaired) electrons. The summed E-state index contributed by atoms with van der Waals surface area (Å²) < 4.78 is 11.3. The van der Waals surface area contributed by atoms with Crippen molar-refractivity contribution in [2.24, 2.45) is 0 Å². The summed E-state index contributed by atoms with van der Waals surface area (Å²) >= 11 is 2.17. The first-order chi connectivity index (χ1) is 7.72. The smallest absolute Gasteiger partial charge is 0.319 e. The molecule has 2 heterocycles. The second-order valence-corrected chi connectivity index (χ2v) is 4.73. The quantitative estimate of drug-likeness (QED) is 0.616. The van der Waals surface area contributed by atoms with E-state index in [0.29, 0.717) is 12.1 Å². The number of ether oxygens (including phenoxy) is 2. The highest BCUT2D eigenvalue weighted by molar-refractivity contribution is 14.1. The number of hydrogen-bond donors (Lipinski definition) is 0. The molecule has 0 unspecified atom stereocenters. The van der Waals surface area contributed by atoms with Crippen molar-refractivity contribution in [3.8, 4) is 6.01 Å². The minimum Gasteiger partial charge on any atom is -0.467 e. The molecule has 1 aliphatic heterocycles. The highest BCUT2D eigenvalue weighted by Crippen LogP contribution is 2.22. The number of anilines is 1. The van der Waals surface area contributed by atoms with Gasteiger partial charge < -0.3 is 14.4 Å². The zero-order valence-electron chi connectivity index (χ0n) is 9.31. The minimum atomic E-state index is 0.304. The van der Waals surface area contributed by atoms with E-state index < -0.39 is 0 Å². The van der Waals surface area contributed by atoms with E-state index in [4.69, 9.17) is 9.47 Å². The van der Waals surface area contributed by atoms with Crippen molar-refractivity contribution in [1.82, 2.24) is 9.97 Å². The standard InChI is InChI=1S/C10H14IN3O2/c1-15-7-3-4-14(6-7)9-5-8(11)12-10(13-9)16-2/h5,7H,3-4,6H2,1-2H3/t7-/m1/s1. The maximum Gasteiger partial charge on any atom is 0.319 e. The van der Waals surface area contributed by atoms with Crippen molar-refractivity contribution in [3.63, 3.8) is 0 Å². The van der Waals surface area contributed by atoms with Crippen LogP contribution in [0.4, 0.5) is 5.82 Å². The van der Waals surface area contributed by atoms with Crippen LogP contribution in [0.25, 0.3) is 0 Å². The Morgan fingerprint density at radius 1 is 1.44 bits per heavy atom. The molecule has 1 atom stereocenters. The van der Waals surface area contributed by atoms with E-state index in [9.17, 15) is 0 Å². The van der Waals surface area contributed by atoms with Gasteiger partial charge in [0.1, 0.15) is 9.52 Å². The van der Waals surface area contributed by atoms with Gasteiger partial charge in [0, 0.05) is 26.3 Å². The van der Waals surface area contributed by atoms with Gasteiger partial charge in [0.2, 0.25) is 0 Å². The third-order valence-corrected chi connectivity index (χ3v) is 3.20. The summed E-state index contributed by atoms with van der Waals surface area (Å²) in [6.07, 6.45) is 1.35. The van der Waals surface area contributed by atoms with Crippen LogP contribution in [-0.4, -0.2) is 43.4 Å². The van der Waals surface area contributed by atoms with Crippen LogP contribution in [0.2, 0.25) is 0 Å². The molecule has 88 valence electrons. The van der Waals surface area contributed by atoms with Crippen LogP contribution < -0.4 is 9.64 Å². The molecular weight excluding hydrogens is 321 g/mol. The molecule has 2 rings (SSSR count). The van der Waals surface area contributed by atoms with E-state index in [1.807, 2.05) is 6.07 Å².